The highest BCUT2D eigenvalue weighted by Crippen LogP contribution is 2.31. The lowest BCUT2D eigenvalue weighted by Crippen LogP contribution is -2.50. The average molecular weight is 279 g/mol. The van der Waals surface area contributed by atoms with Gasteiger partial charge in [0.25, 0.3) is 0 Å². The third-order valence-corrected chi connectivity index (χ3v) is 6.71. The standard InChI is InChI=1S/C15H21NO2S/c17-19(18,14-7-2-1-3-8-14)15-10-9-13-6-4-5-11-16(13)12-15/h1-3,7-8,13,15H,4-6,9-12H2. The zero-order chi connectivity index (χ0) is 13.3. The maximum absolute atomic E-state index is 12.6. The number of hydrogen-bond donors (Lipinski definition) is 0. The minimum absolute atomic E-state index is 0.218. The van der Waals surface area contributed by atoms with E-state index in [9.17, 15) is 8.42 Å². The highest BCUT2D eigenvalue weighted by molar-refractivity contribution is 7.92. The molecule has 0 radical (unpaired) electrons. The van der Waals surface area contributed by atoms with Crippen LogP contribution in [-0.2, 0) is 9.84 Å². The third kappa shape index (κ3) is 2.56. The zero-order valence-corrected chi connectivity index (χ0v) is 12.0. The SMILES string of the molecule is O=S(=O)(c1ccccc1)C1CCC2CCCCN2C1. The van der Waals surface area contributed by atoms with Gasteiger partial charge >= 0.3 is 0 Å². The van der Waals surface area contributed by atoms with Crippen LogP contribution in [0.4, 0.5) is 0 Å². The fourth-order valence-electron chi connectivity index (χ4n) is 3.41. The molecule has 1 aromatic rings. The minimum atomic E-state index is -3.15. The molecule has 0 bridgehead atoms. The van der Waals surface area contributed by atoms with Crippen molar-refractivity contribution in [1.82, 2.24) is 4.90 Å². The number of hydrogen-bond acceptors (Lipinski definition) is 3. The molecule has 0 amide bonds. The van der Waals surface area contributed by atoms with Gasteiger partial charge in [0.05, 0.1) is 10.1 Å². The molecular weight excluding hydrogens is 258 g/mol. The molecule has 0 aromatic heterocycles. The van der Waals surface area contributed by atoms with Crippen LogP contribution in [0.3, 0.4) is 0 Å². The van der Waals surface area contributed by atoms with Gasteiger partial charge in [0.2, 0.25) is 0 Å². The van der Waals surface area contributed by atoms with Crippen molar-refractivity contribution in [2.45, 2.75) is 48.3 Å². The van der Waals surface area contributed by atoms with E-state index in [4.69, 9.17) is 0 Å². The Bertz CT molecular complexity index is 526. The van der Waals surface area contributed by atoms with Crippen LogP contribution in [-0.4, -0.2) is 37.7 Å². The average Bonchev–Trinajstić information content (AvgIpc) is 2.47. The second-order valence-corrected chi connectivity index (χ2v) is 7.93. The molecule has 0 saturated carbocycles. The van der Waals surface area contributed by atoms with E-state index in [1.54, 1.807) is 24.3 Å². The van der Waals surface area contributed by atoms with Crippen molar-refractivity contribution in [2.75, 3.05) is 13.1 Å². The van der Waals surface area contributed by atoms with Gasteiger partial charge in [0.1, 0.15) is 0 Å². The third-order valence-electron chi connectivity index (χ3n) is 4.52. The summed E-state index contributed by atoms with van der Waals surface area (Å²) in [6, 6.07) is 9.55. The maximum atomic E-state index is 12.6. The molecule has 2 saturated heterocycles. The first-order valence-corrected chi connectivity index (χ1v) is 8.75. The van der Waals surface area contributed by atoms with E-state index in [0.29, 0.717) is 10.9 Å². The molecule has 2 atom stereocenters. The van der Waals surface area contributed by atoms with Gasteiger partial charge in [0, 0.05) is 12.6 Å². The van der Waals surface area contributed by atoms with E-state index in [2.05, 4.69) is 4.90 Å². The van der Waals surface area contributed by atoms with Gasteiger partial charge in [-0.25, -0.2) is 8.42 Å². The summed E-state index contributed by atoms with van der Waals surface area (Å²) < 4.78 is 25.3. The summed E-state index contributed by atoms with van der Waals surface area (Å²) in [5, 5.41) is -0.218. The molecule has 2 heterocycles. The Balaban J connectivity index is 1.79. The summed E-state index contributed by atoms with van der Waals surface area (Å²) in [5.74, 6) is 0. The summed E-state index contributed by atoms with van der Waals surface area (Å²) in [6.45, 7) is 1.80. The molecule has 3 rings (SSSR count). The molecule has 2 aliphatic rings. The van der Waals surface area contributed by atoms with Crippen LogP contribution >= 0.6 is 0 Å². The van der Waals surface area contributed by atoms with E-state index < -0.39 is 9.84 Å². The summed E-state index contributed by atoms with van der Waals surface area (Å²) in [7, 11) is -3.15. The van der Waals surface area contributed by atoms with Gasteiger partial charge in [-0.05, 0) is 44.4 Å². The summed E-state index contributed by atoms with van der Waals surface area (Å²) in [5.41, 5.74) is 0. The summed E-state index contributed by atoms with van der Waals surface area (Å²) in [6.07, 6.45) is 5.62. The Morgan fingerprint density at radius 2 is 1.79 bits per heavy atom. The molecule has 2 aliphatic heterocycles. The number of sulfone groups is 1. The van der Waals surface area contributed by atoms with Crippen molar-refractivity contribution in [3.05, 3.63) is 30.3 Å². The van der Waals surface area contributed by atoms with Crippen molar-refractivity contribution in [3.8, 4) is 0 Å². The Labute approximate surface area is 115 Å². The monoisotopic (exact) mass is 279 g/mol. The van der Waals surface area contributed by atoms with Crippen molar-refractivity contribution >= 4 is 9.84 Å². The largest absolute Gasteiger partial charge is 0.299 e. The second kappa shape index (κ2) is 5.25. The smallest absolute Gasteiger partial charge is 0.182 e. The van der Waals surface area contributed by atoms with Crippen molar-refractivity contribution in [3.63, 3.8) is 0 Å². The van der Waals surface area contributed by atoms with E-state index in [1.165, 1.54) is 19.3 Å². The van der Waals surface area contributed by atoms with Gasteiger partial charge in [-0.1, -0.05) is 24.6 Å². The lowest BCUT2D eigenvalue weighted by molar-refractivity contribution is 0.110. The molecule has 0 N–H and O–H groups in total. The zero-order valence-electron chi connectivity index (χ0n) is 11.2. The first-order chi connectivity index (χ1) is 9.18. The first-order valence-electron chi connectivity index (χ1n) is 7.21. The van der Waals surface area contributed by atoms with Crippen LogP contribution in [0.2, 0.25) is 0 Å². The molecule has 4 heteroatoms. The van der Waals surface area contributed by atoms with Crippen LogP contribution in [0.25, 0.3) is 0 Å². The predicted molar refractivity (Wildman–Crippen MR) is 75.9 cm³/mol. The van der Waals surface area contributed by atoms with Gasteiger partial charge < -0.3 is 0 Å². The van der Waals surface area contributed by atoms with Crippen molar-refractivity contribution in [2.24, 2.45) is 0 Å². The van der Waals surface area contributed by atoms with Crippen molar-refractivity contribution in [1.29, 1.82) is 0 Å². The normalized spacial score (nSPS) is 28.8. The lowest BCUT2D eigenvalue weighted by Gasteiger charge is -2.42. The number of rotatable bonds is 2. The predicted octanol–water partition coefficient (Wildman–Crippen LogP) is 2.48. The van der Waals surface area contributed by atoms with Crippen molar-refractivity contribution < 1.29 is 8.42 Å². The Morgan fingerprint density at radius 1 is 1.00 bits per heavy atom. The highest BCUT2D eigenvalue weighted by atomic mass is 32.2. The lowest BCUT2D eigenvalue weighted by atomic mass is 9.93. The Morgan fingerprint density at radius 3 is 2.58 bits per heavy atom. The van der Waals surface area contributed by atoms with Crippen LogP contribution in [0.5, 0.6) is 0 Å². The quantitative estimate of drug-likeness (QED) is 0.834. The molecule has 2 fully saturated rings. The Hall–Kier alpha value is -0.870. The fraction of sp³-hybridized carbons (Fsp3) is 0.600. The first kappa shape index (κ1) is 13.1. The van der Waals surface area contributed by atoms with Crippen LogP contribution in [0.1, 0.15) is 32.1 Å². The molecule has 3 nitrogen and oxygen atoms in total. The number of benzene rings is 1. The second-order valence-electron chi connectivity index (χ2n) is 5.70. The topological polar surface area (TPSA) is 37.4 Å². The molecule has 0 spiro atoms. The molecule has 0 aliphatic carbocycles. The van der Waals surface area contributed by atoms with E-state index in [-0.39, 0.29) is 5.25 Å². The highest BCUT2D eigenvalue weighted by Gasteiger charge is 2.36. The van der Waals surface area contributed by atoms with Crippen LogP contribution in [0, 0.1) is 0 Å². The Kier molecular flexibility index (Phi) is 3.63. The van der Waals surface area contributed by atoms with E-state index in [1.807, 2.05) is 6.07 Å². The van der Waals surface area contributed by atoms with E-state index in [0.717, 1.165) is 25.9 Å². The number of fused-ring (bicyclic) bond motifs is 1. The minimum Gasteiger partial charge on any atom is -0.299 e. The number of nitrogens with zero attached hydrogens (tertiary/aromatic N) is 1. The molecular formula is C15H21NO2S. The molecule has 2 unspecified atom stereocenters. The maximum Gasteiger partial charge on any atom is 0.182 e. The fourth-order valence-corrected chi connectivity index (χ4v) is 5.17. The molecule has 19 heavy (non-hydrogen) atoms. The van der Waals surface area contributed by atoms with Crippen LogP contribution < -0.4 is 0 Å². The summed E-state index contributed by atoms with van der Waals surface area (Å²) in [4.78, 5) is 2.88. The molecule has 1 aromatic carbocycles. The molecule has 104 valence electrons. The summed E-state index contributed by atoms with van der Waals surface area (Å²) >= 11 is 0. The van der Waals surface area contributed by atoms with Gasteiger partial charge in [0.15, 0.2) is 9.84 Å². The van der Waals surface area contributed by atoms with Gasteiger partial charge in [-0.15, -0.1) is 0 Å². The van der Waals surface area contributed by atoms with Gasteiger partial charge in [-0.3, -0.25) is 4.90 Å². The number of piperidine rings is 2. The van der Waals surface area contributed by atoms with Gasteiger partial charge in [-0.2, -0.15) is 0 Å². The van der Waals surface area contributed by atoms with E-state index >= 15 is 0 Å². The van der Waals surface area contributed by atoms with Crippen LogP contribution in [0.15, 0.2) is 35.2 Å².